The van der Waals surface area contributed by atoms with Gasteiger partial charge in [-0.1, -0.05) is 46.3 Å². The minimum Gasteiger partial charge on any atom is -0.350 e. The van der Waals surface area contributed by atoms with Gasteiger partial charge >= 0.3 is 6.03 Å². The highest BCUT2D eigenvalue weighted by molar-refractivity contribution is 9.10. The van der Waals surface area contributed by atoms with Gasteiger partial charge in [-0.15, -0.1) is 0 Å². The van der Waals surface area contributed by atoms with Crippen molar-refractivity contribution in [3.8, 4) is 0 Å². The quantitative estimate of drug-likeness (QED) is 0.690. The van der Waals surface area contributed by atoms with E-state index in [0.717, 1.165) is 15.6 Å². The minimum absolute atomic E-state index is 0.0494. The van der Waals surface area contributed by atoms with E-state index in [1.165, 1.54) is 17.0 Å². The Morgan fingerprint density at radius 1 is 1.15 bits per heavy atom. The van der Waals surface area contributed by atoms with Gasteiger partial charge in [-0.2, -0.15) is 0 Å². The largest absolute Gasteiger partial charge is 0.350 e. The normalized spacial score (nSPS) is 11.6. The van der Waals surface area contributed by atoms with Gasteiger partial charge in [0.05, 0.1) is 6.04 Å². The first-order valence-electron chi connectivity index (χ1n) is 8.71. The number of nitrogens with zero attached hydrogens (tertiary/aromatic N) is 1. The molecule has 0 spiro atoms. The number of amides is 3. The summed E-state index contributed by atoms with van der Waals surface area (Å²) < 4.78 is 13.8. The molecule has 2 aromatic rings. The number of hydrogen-bond donors (Lipinski definition) is 2. The summed E-state index contributed by atoms with van der Waals surface area (Å²) in [4.78, 5) is 26.1. The number of nitrogens with one attached hydrogen (secondary N) is 2. The van der Waals surface area contributed by atoms with Gasteiger partial charge < -0.3 is 15.5 Å². The summed E-state index contributed by atoms with van der Waals surface area (Å²) in [6.07, 6.45) is 0. The lowest BCUT2D eigenvalue weighted by molar-refractivity contribution is -0.121. The molecule has 0 saturated carbocycles. The first-order chi connectivity index (χ1) is 12.9. The molecular formula is C20H23BrFN3O2. The number of carbonyl (C=O) groups excluding carboxylic acids is 2. The van der Waals surface area contributed by atoms with Crippen molar-refractivity contribution < 1.29 is 14.0 Å². The van der Waals surface area contributed by atoms with Crippen molar-refractivity contribution in [3.05, 3.63) is 69.9 Å². The summed E-state index contributed by atoms with van der Waals surface area (Å²) in [7, 11) is 0. The van der Waals surface area contributed by atoms with Crippen LogP contribution in [0, 0.1) is 5.82 Å². The van der Waals surface area contributed by atoms with Gasteiger partial charge in [-0.05, 0) is 43.2 Å². The number of urea groups is 1. The molecule has 0 fully saturated rings. The second kappa shape index (κ2) is 10.1. The van der Waals surface area contributed by atoms with E-state index in [9.17, 15) is 14.0 Å². The number of rotatable bonds is 7. The van der Waals surface area contributed by atoms with Crippen molar-refractivity contribution >= 4 is 27.9 Å². The van der Waals surface area contributed by atoms with Crippen LogP contribution < -0.4 is 10.6 Å². The topological polar surface area (TPSA) is 61.4 Å². The number of hydrogen-bond acceptors (Lipinski definition) is 2. The van der Waals surface area contributed by atoms with Gasteiger partial charge in [0.1, 0.15) is 12.4 Å². The summed E-state index contributed by atoms with van der Waals surface area (Å²) >= 11 is 3.48. The number of benzene rings is 2. The maximum atomic E-state index is 12.9. The highest BCUT2D eigenvalue weighted by Crippen LogP contribution is 2.22. The molecule has 0 saturated heterocycles. The van der Waals surface area contributed by atoms with Crippen LogP contribution >= 0.6 is 15.9 Å². The van der Waals surface area contributed by atoms with E-state index in [1.54, 1.807) is 12.1 Å². The zero-order valence-electron chi connectivity index (χ0n) is 15.3. The molecule has 144 valence electrons. The van der Waals surface area contributed by atoms with Crippen molar-refractivity contribution in [3.63, 3.8) is 0 Å². The lowest BCUT2D eigenvalue weighted by Gasteiger charge is -2.24. The summed E-state index contributed by atoms with van der Waals surface area (Å²) in [6.45, 7) is 4.34. The van der Waals surface area contributed by atoms with Crippen molar-refractivity contribution in [1.82, 2.24) is 15.5 Å². The molecule has 0 aromatic heterocycles. The molecule has 0 unspecified atom stereocenters. The van der Waals surface area contributed by atoms with Crippen LogP contribution in [-0.2, 0) is 11.3 Å². The van der Waals surface area contributed by atoms with E-state index in [0.29, 0.717) is 6.54 Å². The smallest absolute Gasteiger partial charge is 0.318 e. The van der Waals surface area contributed by atoms with Gasteiger partial charge in [0.2, 0.25) is 5.91 Å². The molecule has 0 aliphatic rings. The van der Waals surface area contributed by atoms with Crippen LogP contribution in [0.15, 0.2) is 53.0 Å². The Kier molecular flexibility index (Phi) is 7.79. The predicted molar refractivity (Wildman–Crippen MR) is 107 cm³/mol. The molecule has 0 heterocycles. The van der Waals surface area contributed by atoms with E-state index in [4.69, 9.17) is 0 Å². The van der Waals surface area contributed by atoms with E-state index in [1.807, 2.05) is 38.1 Å². The second-order valence-corrected chi connectivity index (χ2v) is 6.96. The van der Waals surface area contributed by atoms with Crippen molar-refractivity contribution in [2.24, 2.45) is 0 Å². The molecule has 7 heteroatoms. The minimum atomic E-state index is -0.321. The molecule has 0 radical (unpaired) electrons. The Morgan fingerprint density at radius 3 is 2.44 bits per heavy atom. The van der Waals surface area contributed by atoms with Gasteiger partial charge in [0, 0.05) is 17.6 Å². The average molecular weight is 436 g/mol. The molecular weight excluding hydrogens is 413 g/mol. The van der Waals surface area contributed by atoms with E-state index in [-0.39, 0.29) is 36.9 Å². The SMILES string of the molecule is CCN(CC(=O)NCc1ccc(F)cc1)C(=O)N[C@@H](C)c1ccccc1Br. The predicted octanol–water partition coefficient (Wildman–Crippen LogP) is 4.00. The number of likely N-dealkylation sites (N-methyl/N-ethyl adjacent to an activating group) is 1. The van der Waals surface area contributed by atoms with Gasteiger partial charge in [0.15, 0.2) is 0 Å². The molecule has 5 nitrogen and oxygen atoms in total. The van der Waals surface area contributed by atoms with E-state index in [2.05, 4.69) is 26.6 Å². The van der Waals surface area contributed by atoms with Crippen LogP contribution in [0.4, 0.5) is 9.18 Å². The molecule has 2 aromatic carbocycles. The van der Waals surface area contributed by atoms with Crippen molar-refractivity contribution in [2.45, 2.75) is 26.4 Å². The second-order valence-electron chi connectivity index (χ2n) is 6.11. The summed E-state index contributed by atoms with van der Waals surface area (Å²) in [6, 6.07) is 13.1. The van der Waals surface area contributed by atoms with E-state index >= 15 is 0 Å². The zero-order valence-corrected chi connectivity index (χ0v) is 16.9. The fourth-order valence-electron chi connectivity index (χ4n) is 2.54. The Balaban J connectivity index is 1.87. The average Bonchev–Trinajstić information content (AvgIpc) is 2.65. The molecule has 2 N–H and O–H groups in total. The molecule has 27 heavy (non-hydrogen) atoms. The zero-order chi connectivity index (χ0) is 19.8. The molecule has 2 rings (SSSR count). The fraction of sp³-hybridized carbons (Fsp3) is 0.300. The maximum absolute atomic E-state index is 12.9. The van der Waals surface area contributed by atoms with Gasteiger partial charge in [0.25, 0.3) is 0 Å². The summed E-state index contributed by atoms with van der Waals surface area (Å²) in [5, 5.41) is 5.65. The Bertz CT molecular complexity index is 783. The Hall–Kier alpha value is -2.41. The monoisotopic (exact) mass is 435 g/mol. The third-order valence-corrected chi connectivity index (χ3v) is 4.84. The third kappa shape index (κ3) is 6.36. The fourth-order valence-corrected chi connectivity index (χ4v) is 3.17. The Morgan fingerprint density at radius 2 is 1.81 bits per heavy atom. The summed E-state index contributed by atoms with van der Waals surface area (Å²) in [5.74, 6) is -0.594. The standard InChI is InChI=1S/C20H23BrFN3O2/c1-3-25(13-19(26)23-12-15-8-10-16(22)11-9-15)20(27)24-14(2)17-6-4-5-7-18(17)21/h4-11,14H,3,12-13H2,1-2H3,(H,23,26)(H,24,27)/t14-/m0/s1. The lowest BCUT2D eigenvalue weighted by atomic mass is 10.1. The van der Waals surface area contributed by atoms with Gasteiger partial charge in [-0.3, -0.25) is 4.79 Å². The van der Waals surface area contributed by atoms with Crippen molar-refractivity contribution in [1.29, 1.82) is 0 Å². The number of halogens is 2. The summed E-state index contributed by atoms with van der Waals surface area (Å²) in [5.41, 5.74) is 1.75. The molecule has 3 amide bonds. The highest BCUT2D eigenvalue weighted by atomic mass is 79.9. The van der Waals surface area contributed by atoms with E-state index < -0.39 is 0 Å². The maximum Gasteiger partial charge on any atom is 0.318 e. The highest BCUT2D eigenvalue weighted by Gasteiger charge is 2.18. The van der Waals surface area contributed by atoms with Crippen LogP contribution in [0.25, 0.3) is 0 Å². The van der Waals surface area contributed by atoms with Crippen LogP contribution in [0.5, 0.6) is 0 Å². The van der Waals surface area contributed by atoms with Crippen LogP contribution in [0.3, 0.4) is 0 Å². The van der Waals surface area contributed by atoms with Crippen LogP contribution in [0.1, 0.15) is 31.0 Å². The van der Waals surface area contributed by atoms with Gasteiger partial charge in [-0.25, -0.2) is 9.18 Å². The Labute approximate surface area is 167 Å². The van der Waals surface area contributed by atoms with Crippen molar-refractivity contribution in [2.75, 3.05) is 13.1 Å². The third-order valence-electron chi connectivity index (χ3n) is 4.12. The number of carbonyl (C=O) groups is 2. The van der Waals surface area contributed by atoms with Crippen LogP contribution in [0.2, 0.25) is 0 Å². The molecule has 0 aliphatic carbocycles. The molecule has 0 aliphatic heterocycles. The first-order valence-corrected chi connectivity index (χ1v) is 9.51. The molecule has 0 bridgehead atoms. The molecule has 1 atom stereocenters. The lowest BCUT2D eigenvalue weighted by Crippen LogP contribution is -2.46. The van der Waals surface area contributed by atoms with Crippen LogP contribution in [-0.4, -0.2) is 29.9 Å². The first kappa shape index (κ1) is 20.9.